The summed E-state index contributed by atoms with van der Waals surface area (Å²) in [5, 5.41) is 8.71. The van der Waals surface area contributed by atoms with Gasteiger partial charge in [-0.15, -0.1) is 0 Å². The molecule has 8 heteroatoms. The molecule has 2 nitrogen and oxygen atoms in total. The van der Waals surface area contributed by atoms with E-state index in [-0.39, 0.29) is 5.56 Å². The van der Waals surface area contributed by atoms with E-state index in [0.29, 0.717) is 17.7 Å². The normalized spacial score (nSPS) is 12.7. The van der Waals surface area contributed by atoms with Crippen molar-refractivity contribution in [3.63, 3.8) is 0 Å². The number of carboxylic acid groups (broad SMARTS) is 1. The van der Waals surface area contributed by atoms with Crippen molar-refractivity contribution in [2.45, 2.75) is 24.2 Å². The second kappa shape index (κ2) is 7.09. The first-order chi connectivity index (χ1) is 12.4. The quantitative estimate of drug-likeness (QED) is 0.700. The van der Waals surface area contributed by atoms with Gasteiger partial charge in [-0.2, -0.15) is 26.3 Å². The van der Waals surface area contributed by atoms with Crippen LogP contribution in [0.2, 0.25) is 0 Å². The average molecular weight is 388 g/mol. The molecule has 0 aliphatic rings. The lowest BCUT2D eigenvalue weighted by Crippen LogP contribution is -2.54. The standard InChI is InChI=1S/C19H14F6O2/c1-2-12-3-7-14(8-4-12)17(18(20,21)22,19(23,24)25)15-9-5-13(6-10-15)11-16(26)27/h2-10H,1,11H2,(H,26,27). The van der Waals surface area contributed by atoms with Crippen LogP contribution in [-0.2, 0) is 16.6 Å². The molecular formula is C19H14F6O2. The molecule has 2 aromatic carbocycles. The smallest absolute Gasteiger partial charge is 0.411 e. The van der Waals surface area contributed by atoms with Gasteiger partial charge in [0.25, 0.3) is 0 Å². The Morgan fingerprint density at radius 1 is 0.852 bits per heavy atom. The minimum atomic E-state index is -5.69. The van der Waals surface area contributed by atoms with Crippen LogP contribution in [0.4, 0.5) is 26.3 Å². The van der Waals surface area contributed by atoms with E-state index in [2.05, 4.69) is 6.58 Å². The molecule has 0 bridgehead atoms. The molecule has 144 valence electrons. The summed E-state index contributed by atoms with van der Waals surface area (Å²) in [6, 6.07) is 7.01. The highest BCUT2D eigenvalue weighted by Crippen LogP contribution is 2.56. The third-order valence-electron chi connectivity index (χ3n) is 4.17. The van der Waals surface area contributed by atoms with Gasteiger partial charge in [0.15, 0.2) is 0 Å². The van der Waals surface area contributed by atoms with E-state index in [0.717, 1.165) is 36.4 Å². The molecule has 1 N–H and O–H groups in total. The van der Waals surface area contributed by atoms with Gasteiger partial charge in [-0.25, -0.2) is 0 Å². The lowest BCUT2D eigenvalue weighted by atomic mass is 9.72. The molecule has 0 aliphatic carbocycles. The molecule has 0 heterocycles. The summed E-state index contributed by atoms with van der Waals surface area (Å²) in [5.41, 5.74) is -5.82. The zero-order chi connectivity index (χ0) is 20.5. The van der Waals surface area contributed by atoms with Crippen LogP contribution in [0.5, 0.6) is 0 Å². The van der Waals surface area contributed by atoms with E-state index in [1.165, 1.54) is 6.08 Å². The van der Waals surface area contributed by atoms with E-state index >= 15 is 0 Å². The molecule has 0 aromatic heterocycles. The van der Waals surface area contributed by atoms with Crippen molar-refractivity contribution >= 4 is 12.0 Å². The third-order valence-corrected chi connectivity index (χ3v) is 4.17. The van der Waals surface area contributed by atoms with Gasteiger partial charge in [0.05, 0.1) is 6.42 Å². The maximum atomic E-state index is 13.9. The van der Waals surface area contributed by atoms with Crippen molar-refractivity contribution in [2.24, 2.45) is 0 Å². The Morgan fingerprint density at radius 3 is 1.59 bits per heavy atom. The SMILES string of the molecule is C=Cc1ccc(C(c2ccc(CC(=O)O)cc2)(C(F)(F)F)C(F)(F)F)cc1. The Balaban J connectivity index is 2.75. The number of benzene rings is 2. The van der Waals surface area contributed by atoms with E-state index in [4.69, 9.17) is 5.11 Å². The Labute approximate surface area is 150 Å². The van der Waals surface area contributed by atoms with Crippen LogP contribution >= 0.6 is 0 Å². The lowest BCUT2D eigenvalue weighted by molar-refractivity contribution is -0.288. The van der Waals surface area contributed by atoms with E-state index in [1.54, 1.807) is 0 Å². The average Bonchev–Trinajstić information content (AvgIpc) is 2.54. The number of carboxylic acids is 1. The molecule has 2 aromatic rings. The Kier molecular flexibility index (Phi) is 5.40. The van der Waals surface area contributed by atoms with Gasteiger partial charge < -0.3 is 5.11 Å². The van der Waals surface area contributed by atoms with Crippen molar-refractivity contribution in [2.75, 3.05) is 0 Å². The fourth-order valence-corrected chi connectivity index (χ4v) is 2.90. The van der Waals surface area contributed by atoms with Crippen LogP contribution in [0.3, 0.4) is 0 Å². The summed E-state index contributed by atoms with van der Waals surface area (Å²) in [5.74, 6) is -1.25. The van der Waals surface area contributed by atoms with Gasteiger partial charge >= 0.3 is 18.3 Å². The number of carbonyl (C=O) groups is 1. The van der Waals surface area contributed by atoms with Crippen molar-refractivity contribution in [3.8, 4) is 0 Å². The highest BCUT2D eigenvalue weighted by atomic mass is 19.4. The van der Waals surface area contributed by atoms with Crippen LogP contribution in [0, 0.1) is 0 Å². The van der Waals surface area contributed by atoms with Crippen molar-refractivity contribution in [3.05, 3.63) is 77.4 Å². The van der Waals surface area contributed by atoms with E-state index in [1.807, 2.05) is 0 Å². The summed E-state index contributed by atoms with van der Waals surface area (Å²) in [6.07, 6.45) is -10.6. The predicted molar refractivity (Wildman–Crippen MR) is 87.2 cm³/mol. The molecular weight excluding hydrogens is 374 g/mol. The lowest BCUT2D eigenvalue weighted by Gasteiger charge is -2.38. The van der Waals surface area contributed by atoms with Crippen molar-refractivity contribution in [1.82, 2.24) is 0 Å². The van der Waals surface area contributed by atoms with Gasteiger partial charge in [-0.3, -0.25) is 4.79 Å². The Bertz CT molecular complexity index is 803. The van der Waals surface area contributed by atoms with E-state index < -0.39 is 41.3 Å². The zero-order valence-corrected chi connectivity index (χ0v) is 13.7. The summed E-state index contributed by atoms with van der Waals surface area (Å²) in [4.78, 5) is 10.7. The Hall–Kier alpha value is -2.77. The van der Waals surface area contributed by atoms with Crippen LogP contribution in [0.15, 0.2) is 55.1 Å². The molecule has 0 saturated heterocycles. The molecule has 0 atom stereocenters. The molecule has 0 radical (unpaired) electrons. The minimum absolute atomic E-state index is 0.0894. The number of aliphatic carboxylic acids is 1. The predicted octanol–water partition coefficient (Wildman–Crippen LogP) is 5.37. The Morgan fingerprint density at radius 2 is 1.26 bits per heavy atom. The molecule has 0 unspecified atom stereocenters. The largest absolute Gasteiger partial charge is 0.481 e. The number of hydrogen-bond donors (Lipinski definition) is 1. The molecule has 0 fully saturated rings. The maximum Gasteiger partial charge on any atom is 0.411 e. The minimum Gasteiger partial charge on any atom is -0.481 e. The van der Waals surface area contributed by atoms with Crippen LogP contribution in [0.25, 0.3) is 6.08 Å². The molecule has 2 rings (SSSR count). The fraction of sp³-hybridized carbons (Fsp3) is 0.211. The summed E-state index contributed by atoms with van der Waals surface area (Å²) < 4.78 is 83.4. The molecule has 0 saturated carbocycles. The van der Waals surface area contributed by atoms with Crippen molar-refractivity contribution < 1.29 is 36.2 Å². The van der Waals surface area contributed by atoms with E-state index in [9.17, 15) is 31.1 Å². The van der Waals surface area contributed by atoms with Crippen LogP contribution < -0.4 is 0 Å². The second-order valence-corrected chi connectivity index (χ2v) is 5.84. The first-order valence-electron chi connectivity index (χ1n) is 7.61. The maximum absolute atomic E-state index is 13.9. The van der Waals surface area contributed by atoms with Gasteiger partial charge in [-0.05, 0) is 22.3 Å². The highest BCUT2D eigenvalue weighted by molar-refractivity contribution is 5.70. The summed E-state index contributed by atoms with van der Waals surface area (Å²) >= 11 is 0. The molecule has 27 heavy (non-hydrogen) atoms. The molecule has 0 spiro atoms. The summed E-state index contributed by atoms with van der Waals surface area (Å²) in [6.45, 7) is 3.42. The summed E-state index contributed by atoms with van der Waals surface area (Å²) in [7, 11) is 0. The first-order valence-corrected chi connectivity index (χ1v) is 7.61. The number of alkyl halides is 6. The fourth-order valence-electron chi connectivity index (χ4n) is 2.90. The topological polar surface area (TPSA) is 37.3 Å². The molecule has 0 amide bonds. The van der Waals surface area contributed by atoms with Crippen LogP contribution in [0.1, 0.15) is 22.3 Å². The number of halogens is 6. The van der Waals surface area contributed by atoms with Crippen molar-refractivity contribution in [1.29, 1.82) is 0 Å². The highest BCUT2D eigenvalue weighted by Gasteiger charge is 2.72. The third kappa shape index (κ3) is 3.70. The van der Waals surface area contributed by atoms with Gasteiger partial charge in [0.2, 0.25) is 5.41 Å². The zero-order valence-electron chi connectivity index (χ0n) is 13.7. The monoisotopic (exact) mass is 388 g/mol. The van der Waals surface area contributed by atoms with Gasteiger partial charge in [0, 0.05) is 0 Å². The number of rotatable bonds is 5. The second-order valence-electron chi connectivity index (χ2n) is 5.84. The van der Waals surface area contributed by atoms with Gasteiger partial charge in [-0.1, -0.05) is 61.2 Å². The first kappa shape index (κ1) is 20.5. The van der Waals surface area contributed by atoms with Crippen LogP contribution in [-0.4, -0.2) is 23.4 Å². The molecule has 0 aliphatic heterocycles. The van der Waals surface area contributed by atoms with Gasteiger partial charge in [0.1, 0.15) is 0 Å². The number of hydrogen-bond acceptors (Lipinski definition) is 1.